The van der Waals surface area contributed by atoms with Crippen molar-refractivity contribution in [3.63, 3.8) is 0 Å². The van der Waals surface area contributed by atoms with Gasteiger partial charge >= 0.3 is 0 Å². The van der Waals surface area contributed by atoms with Crippen LogP contribution in [0.4, 0.5) is 0 Å². The highest BCUT2D eigenvalue weighted by atomic mass is 16.1. The summed E-state index contributed by atoms with van der Waals surface area (Å²) in [4.78, 5) is 12.5. The lowest BCUT2D eigenvalue weighted by molar-refractivity contribution is -0.126. The summed E-state index contributed by atoms with van der Waals surface area (Å²) in [5.74, 6) is 5.29. The summed E-state index contributed by atoms with van der Waals surface area (Å²) in [5.41, 5.74) is 0. The van der Waals surface area contributed by atoms with Crippen molar-refractivity contribution in [2.45, 2.75) is 65.2 Å². The van der Waals surface area contributed by atoms with Crippen molar-refractivity contribution in [2.75, 3.05) is 0 Å². The Morgan fingerprint density at radius 3 is 2.39 bits per heavy atom. The Labute approximate surface area is 112 Å². The van der Waals surface area contributed by atoms with E-state index in [-0.39, 0.29) is 0 Å². The monoisotopic (exact) mass is 248 g/mol. The Kier molecular flexibility index (Phi) is 3.51. The molecule has 0 heterocycles. The van der Waals surface area contributed by atoms with E-state index in [1.807, 2.05) is 0 Å². The van der Waals surface area contributed by atoms with Gasteiger partial charge in [-0.1, -0.05) is 20.3 Å². The van der Waals surface area contributed by atoms with Crippen molar-refractivity contribution < 1.29 is 4.79 Å². The Hall–Kier alpha value is -0.330. The Balaban J connectivity index is 1.52. The molecule has 0 amide bonds. The van der Waals surface area contributed by atoms with E-state index >= 15 is 0 Å². The van der Waals surface area contributed by atoms with E-state index in [1.165, 1.54) is 44.9 Å². The molecule has 18 heavy (non-hydrogen) atoms. The van der Waals surface area contributed by atoms with Crippen LogP contribution in [0, 0.1) is 35.5 Å². The summed E-state index contributed by atoms with van der Waals surface area (Å²) in [6.07, 6.45) is 10.2. The Morgan fingerprint density at radius 2 is 1.78 bits per heavy atom. The first-order valence-corrected chi connectivity index (χ1v) is 8.16. The standard InChI is InChI=1S/C17H28O/c1-11-3-5-15(7-12(11)2)17(18)10-16-9-13-4-6-14(16)8-13/h11-16H,3-10H2,1-2H3. The molecule has 3 rings (SSSR count). The molecule has 0 spiro atoms. The molecule has 1 heteroatoms. The lowest BCUT2D eigenvalue weighted by atomic mass is 9.72. The molecule has 0 aromatic heterocycles. The third-order valence-electron chi connectivity index (χ3n) is 6.40. The first-order valence-electron chi connectivity index (χ1n) is 8.16. The van der Waals surface area contributed by atoms with Crippen molar-refractivity contribution in [2.24, 2.45) is 35.5 Å². The molecule has 0 saturated heterocycles. The van der Waals surface area contributed by atoms with E-state index in [0.29, 0.717) is 11.7 Å². The van der Waals surface area contributed by atoms with E-state index in [0.717, 1.165) is 36.0 Å². The molecule has 102 valence electrons. The van der Waals surface area contributed by atoms with Crippen LogP contribution in [0.25, 0.3) is 0 Å². The summed E-state index contributed by atoms with van der Waals surface area (Å²) >= 11 is 0. The molecule has 0 N–H and O–H groups in total. The molecule has 0 aliphatic heterocycles. The second-order valence-corrected chi connectivity index (χ2v) is 7.57. The molecular weight excluding hydrogens is 220 g/mol. The van der Waals surface area contributed by atoms with E-state index in [4.69, 9.17) is 0 Å². The van der Waals surface area contributed by atoms with Gasteiger partial charge < -0.3 is 0 Å². The Morgan fingerprint density at radius 1 is 0.944 bits per heavy atom. The maximum atomic E-state index is 12.5. The van der Waals surface area contributed by atoms with Gasteiger partial charge in [-0.15, -0.1) is 0 Å². The summed E-state index contributed by atoms with van der Waals surface area (Å²) in [5, 5.41) is 0. The minimum Gasteiger partial charge on any atom is -0.299 e. The van der Waals surface area contributed by atoms with Gasteiger partial charge in [-0.25, -0.2) is 0 Å². The van der Waals surface area contributed by atoms with Crippen LogP contribution in [-0.2, 0) is 4.79 Å². The van der Waals surface area contributed by atoms with Crippen molar-refractivity contribution in [1.29, 1.82) is 0 Å². The van der Waals surface area contributed by atoms with E-state index in [9.17, 15) is 4.79 Å². The van der Waals surface area contributed by atoms with Crippen LogP contribution in [0.2, 0.25) is 0 Å². The molecule has 3 fully saturated rings. The van der Waals surface area contributed by atoms with E-state index in [2.05, 4.69) is 13.8 Å². The quantitative estimate of drug-likeness (QED) is 0.721. The van der Waals surface area contributed by atoms with Crippen molar-refractivity contribution in [1.82, 2.24) is 0 Å². The number of ketones is 1. The number of hydrogen-bond acceptors (Lipinski definition) is 1. The van der Waals surface area contributed by atoms with Gasteiger partial charge in [0, 0.05) is 12.3 Å². The smallest absolute Gasteiger partial charge is 0.136 e. The maximum absolute atomic E-state index is 12.5. The molecule has 0 aromatic carbocycles. The van der Waals surface area contributed by atoms with Crippen LogP contribution in [0.15, 0.2) is 0 Å². The van der Waals surface area contributed by atoms with Gasteiger partial charge in [0.25, 0.3) is 0 Å². The fourth-order valence-electron chi connectivity index (χ4n) is 4.89. The highest BCUT2D eigenvalue weighted by Crippen LogP contribution is 2.50. The maximum Gasteiger partial charge on any atom is 0.136 e. The molecular formula is C17H28O. The van der Waals surface area contributed by atoms with Crippen LogP contribution >= 0.6 is 0 Å². The molecule has 2 bridgehead atoms. The van der Waals surface area contributed by atoms with Crippen molar-refractivity contribution in [3.8, 4) is 0 Å². The van der Waals surface area contributed by atoms with Crippen LogP contribution in [-0.4, -0.2) is 5.78 Å². The first kappa shape index (κ1) is 12.7. The summed E-state index contributed by atoms with van der Waals surface area (Å²) in [6.45, 7) is 4.68. The molecule has 6 unspecified atom stereocenters. The molecule has 3 aliphatic rings. The minimum absolute atomic E-state index is 0.412. The number of carbonyl (C=O) groups excluding carboxylic acids is 1. The number of hydrogen-bond donors (Lipinski definition) is 0. The fraction of sp³-hybridized carbons (Fsp3) is 0.941. The second-order valence-electron chi connectivity index (χ2n) is 7.57. The lowest BCUT2D eigenvalue weighted by Crippen LogP contribution is -2.28. The normalized spacial score (nSPS) is 47.4. The molecule has 3 saturated carbocycles. The van der Waals surface area contributed by atoms with Gasteiger partial charge in [0.05, 0.1) is 0 Å². The Bertz CT molecular complexity index is 322. The van der Waals surface area contributed by atoms with Gasteiger partial charge in [0.1, 0.15) is 5.78 Å². The van der Waals surface area contributed by atoms with E-state index in [1.54, 1.807) is 0 Å². The lowest BCUT2D eigenvalue weighted by Gasteiger charge is -2.32. The zero-order valence-electron chi connectivity index (χ0n) is 12.0. The van der Waals surface area contributed by atoms with Gasteiger partial charge in [0.15, 0.2) is 0 Å². The van der Waals surface area contributed by atoms with Crippen LogP contribution in [0.5, 0.6) is 0 Å². The van der Waals surface area contributed by atoms with Gasteiger partial charge in [-0.3, -0.25) is 4.79 Å². The molecule has 6 atom stereocenters. The van der Waals surface area contributed by atoms with E-state index < -0.39 is 0 Å². The third kappa shape index (κ3) is 2.38. The largest absolute Gasteiger partial charge is 0.299 e. The first-order chi connectivity index (χ1) is 8.63. The van der Waals surface area contributed by atoms with Crippen LogP contribution in [0.1, 0.15) is 65.2 Å². The average Bonchev–Trinajstić information content (AvgIpc) is 2.94. The number of fused-ring (bicyclic) bond motifs is 2. The number of rotatable bonds is 3. The fourth-order valence-corrected chi connectivity index (χ4v) is 4.89. The predicted octanol–water partition coefficient (Wildman–Crippen LogP) is 4.45. The van der Waals surface area contributed by atoms with Crippen molar-refractivity contribution >= 4 is 5.78 Å². The van der Waals surface area contributed by atoms with Crippen LogP contribution in [0.3, 0.4) is 0 Å². The summed E-state index contributed by atoms with van der Waals surface area (Å²) < 4.78 is 0. The summed E-state index contributed by atoms with van der Waals surface area (Å²) in [7, 11) is 0. The topological polar surface area (TPSA) is 17.1 Å². The molecule has 3 aliphatic carbocycles. The van der Waals surface area contributed by atoms with Crippen molar-refractivity contribution in [3.05, 3.63) is 0 Å². The van der Waals surface area contributed by atoms with Crippen LogP contribution < -0.4 is 0 Å². The summed E-state index contributed by atoms with van der Waals surface area (Å²) in [6, 6.07) is 0. The molecule has 1 nitrogen and oxygen atoms in total. The third-order valence-corrected chi connectivity index (χ3v) is 6.40. The highest BCUT2D eigenvalue weighted by molar-refractivity contribution is 5.81. The second kappa shape index (κ2) is 4.98. The minimum atomic E-state index is 0.412. The SMILES string of the molecule is CC1CCC(C(=O)CC2CC3CCC2C3)CC1C. The number of Topliss-reactive ketones (excluding diaryl/α,β-unsaturated/α-hetero) is 1. The predicted molar refractivity (Wildman–Crippen MR) is 74.2 cm³/mol. The van der Waals surface area contributed by atoms with Gasteiger partial charge in [-0.2, -0.15) is 0 Å². The zero-order chi connectivity index (χ0) is 12.7. The zero-order valence-corrected chi connectivity index (χ0v) is 12.0. The molecule has 0 radical (unpaired) electrons. The van der Waals surface area contributed by atoms with Gasteiger partial charge in [0.2, 0.25) is 0 Å². The molecule has 0 aromatic rings. The average molecular weight is 248 g/mol. The highest BCUT2D eigenvalue weighted by Gasteiger charge is 2.41. The van der Waals surface area contributed by atoms with Gasteiger partial charge in [-0.05, 0) is 68.1 Å². The number of carbonyl (C=O) groups is 1.